The second-order valence-electron chi connectivity index (χ2n) is 3.93. The van der Waals surface area contributed by atoms with Crippen LogP contribution in [0, 0.1) is 0 Å². The summed E-state index contributed by atoms with van der Waals surface area (Å²) in [7, 11) is 1.86. The standard InChI is InChI=1S/C14H12N4O/c1-15-11-7-3-2-6-10(11)14-17-13(18-19-14)12-8-4-5-9-16-12/h2-9,15H,1H3. The minimum absolute atomic E-state index is 0.477. The van der Waals surface area contributed by atoms with E-state index in [9.17, 15) is 0 Å². The number of hydrogen-bond donors (Lipinski definition) is 1. The Morgan fingerprint density at radius 2 is 1.89 bits per heavy atom. The lowest BCUT2D eigenvalue weighted by atomic mass is 10.2. The summed E-state index contributed by atoms with van der Waals surface area (Å²) in [6.45, 7) is 0. The highest BCUT2D eigenvalue weighted by Crippen LogP contribution is 2.27. The Labute approximate surface area is 110 Å². The van der Waals surface area contributed by atoms with Gasteiger partial charge in [0.05, 0.1) is 5.56 Å². The SMILES string of the molecule is CNc1ccccc1-c1nc(-c2ccccn2)no1. The molecule has 0 saturated carbocycles. The summed E-state index contributed by atoms with van der Waals surface area (Å²) in [6.07, 6.45) is 1.70. The molecule has 19 heavy (non-hydrogen) atoms. The van der Waals surface area contributed by atoms with Crippen LogP contribution in [0.4, 0.5) is 5.69 Å². The number of nitrogens with one attached hydrogen (secondary N) is 1. The third-order valence-electron chi connectivity index (χ3n) is 2.75. The van der Waals surface area contributed by atoms with Crippen LogP contribution in [0.25, 0.3) is 23.0 Å². The van der Waals surface area contributed by atoms with E-state index in [-0.39, 0.29) is 0 Å². The van der Waals surface area contributed by atoms with E-state index in [4.69, 9.17) is 4.52 Å². The molecule has 0 aliphatic carbocycles. The van der Waals surface area contributed by atoms with Crippen molar-refractivity contribution in [1.29, 1.82) is 0 Å². The zero-order valence-corrected chi connectivity index (χ0v) is 10.4. The molecule has 0 fully saturated rings. The Bertz CT molecular complexity index is 679. The van der Waals surface area contributed by atoms with Crippen molar-refractivity contribution in [3.8, 4) is 23.0 Å². The molecule has 1 aromatic carbocycles. The van der Waals surface area contributed by atoms with Gasteiger partial charge in [-0.15, -0.1) is 0 Å². The molecule has 1 N–H and O–H groups in total. The van der Waals surface area contributed by atoms with Gasteiger partial charge in [0, 0.05) is 18.9 Å². The molecule has 3 rings (SSSR count). The first kappa shape index (κ1) is 11.4. The molecule has 5 heteroatoms. The van der Waals surface area contributed by atoms with Crippen molar-refractivity contribution >= 4 is 5.69 Å². The fraction of sp³-hybridized carbons (Fsp3) is 0.0714. The quantitative estimate of drug-likeness (QED) is 0.776. The molecule has 0 spiro atoms. The van der Waals surface area contributed by atoms with E-state index in [2.05, 4.69) is 20.4 Å². The molecular formula is C14H12N4O. The number of aromatic nitrogens is 3. The first-order chi connectivity index (χ1) is 9.38. The van der Waals surface area contributed by atoms with Crippen molar-refractivity contribution in [1.82, 2.24) is 15.1 Å². The zero-order valence-electron chi connectivity index (χ0n) is 10.4. The fourth-order valence-corrected chi connectivity index (χ4v) is 1.82. The van der Waals surface area contributed by atoms with Crippen molar-refractivity contribution in [2.75, 3.05) is 12.4 Å². The first-order valence-corrected chi connectivity index (χ1v) is 5.91. The van der Waals surface area contributed by atoms with Crippen LogP contribution in [-0.4, -0.2) is 22.2 Å². The van der Waals surface area contributed by atoms with Crippen molar-refractivity contribution in [2.45, 2.75) is 0 Å². The van der Waals surface area contributed by atoms with Crippen LogP contribution in [-0.2, 0) is 0 Å². The Morgan fingerprint density at radius 1 is 1.05 bits per heavy atom. The number of pyridine rings is 1. The predicted octanol–water partition coefficient (Wildman–Crippen LogP) is 2.84. The maximum Gasteiger partial charge on any atom is 0.260 e. The Morgan fingerprint density at radius 3 is 2.68 bits per heavy atom. The molecule has 0 unspecified atom stereocenters. The van der Waals surface area contributed by atoms with Gasteiger partial charge in [-0.1, -0.05) is 23.4 Å². The molecule has 2 heterocycles. The van der Waals surface area contributed by atoms with Gasteiger partial charge in [0.1, 0.15) is 5.69 Å². The average Bonchev–Trinajstić information content (AvgIpc) is 2.98. The summed E-state index contributed by atoms with van der Waals surface area (Å²) in [5.41, 5.74) is 2.51. The lowest BCUT2D eigenvalue weighted by Gasteiger charge is -2.03. The van der Waals surface area contributed by atoms with Gasteiger partial charge in [0.2, 0.25) is 5.82 Å². The molecule has 0 saturated heterocycles. The summed E-state index contributed by atoms with van der Waals surface area (Å²) in [4.78, 5) is 8.58. The highest BCUT2D eigenvalue weighted by Gasteiger charge is 2.13. The van der Waals surface area contributed by atoms with E-state index in [1.54, 1.807) is 6.20 Å². The second kappa shape index (κ2) is 4.89. The van der Waals surface area contributed by atoms with Gasteiger partial charge in [-0.25, -0.2) is 0 Å². The van der Waals surface area contributed by atoms with Gasteiger partial charge in [-0.2, -0.15) is 4.98 Å². The molecule has 94 valence electrons. The molecule has 0 atom stereocenters. The molecular weight excluding hydrogens is 240 g/mol. The molecule has 0 radical (unpaired) electrons. The predicted molar refractivity (Wildman–Crippen MR) is 72.5 cm³/mol. The van der Waals surface area contributed by atoms with Crippen molar-refractivity contribution in [2.24, 2.45) is 0 Å². The smallest absolute Gasteiger partial charge is 0.260 e. The minimum Gasteiger partial charge on any atom is -0.387 e. The van der Waals surface area contributed by atoms with Crippen LogP contribution in [0.5, 0.6) is 0 Å². The van der Waals surface area contributed by atoms with E-state index in [1.165, 1.54) is 0 Å². The van der Waals surface area contributed by atoms with E-state index >= 15 is 0 Å². The topological polar surface area (TPSA) is 63.8 Å². The fourth-order valence-electron chi connectivity index (χ4n) is 1.82. The Balaban J connectivity index is 2.02. The highest BCUT2D eigenvalue weighted by atomic mass is 16.5. The lowest BCUT2D eigenvalue weighted by Crippen LogP contribution is -1.91. The van der Waals surface area contributed by atoms with E-state index in [0.717, 1.165) is 11.3 Å². The van der Waals surface area contributed by atoms with Crippen LogP contribution in [0.1, 0.15) is 0 Å². The van der Waals surface area contributed by atoms with Crippen molar-refractivity contribution < 1.29 is 4.52 Å². The summed E-state index contributed by atoms with van der Waals surface area (Å²) in [5, 5.41) is 7.06. The molecule has 3 aromatic rings. The maximum absolute atomic E-state index is 5.31. The van der Waals surface area contributed by atoms with Gasteiger partial charge in [0.15, 0.2) is 0 Å². The van der Waals surface area contributed by atoms with E-state index < -0.39 is 0 Å². The normalized spacial score (nSPS) is 10.4. The van der Waals surface area contributed by atoms with Crippen LogP contribution in [0.3, 0.4) is 0 Å². The summed E-state index contributed by atoms with van der Waals surface area (Å²) in [6, 6.07) is 13.4. The average molecular weight is 252 g/mol. The van der Waals surface area contributed by atoms with E-state index in [0.29, 0.717) is 17.4 Å². The largest absolute Gasteiger partial charge is 0.387 e. The minimum atomic E-state index is 0.477. The van der Waals surface area contributed by atoms with Crippen molar-refractivity contribution in [3.05, 3.63) is 48.7 Å². The number of para-hydroxylation sites is 1. The number of anilines is 1. The third kappa shape index (κ3) is 2.18. The molecule has 0 aliphatic rings. The van der Waals surface area contributed by atoms with Crippen LogP contribution >= 0.6 is 0 Å². The zero-order chi connectivity index (χ0) is 13.1. The molecule has 2 aromatic heterocycles. The van der Waals surface area contributed by atoms with Crippen LogP contribution in [0.2, 0.25) is 0 Å². The summed E-state index contributed by atoms with van der Waals surface area (Å²) < 4.78 is 5.31. The number of rotatable bonds is 3. The Hall–Kier alpha value is -2.69. The maximum atomic E-state index is 5.31. The number of benzene rings is 1. The lowest BCUT2D eigenvalue weighted by molar-refractivity contribution is 0.432. The number of hydrogen-bond acceptors (Lipinski definition) is 5. The number of nitrogens with zero attached hydrogens (tertiary/aromatic N) is 3. The van der Waals surface area contributed by atoms with Crippen LogP contribution < -0.4 is 5.32 Å². The van der Waals surface area contributed by atoms with Gasteiger partial charge < -0.3 is 9.84 Å². The summed E-state index contributed by atoms with van der Waals surface area (Å²) >= 11 is 0. The van der Waals surface area contributed by atoms with Crippen molar-refractivity contribution in [3.63, 3.8) is 0 Å². The third-order valence-corrected chi connectivity index (χ3v) is 2.75. The summed E-state index contributed by atoms with van der Waals surface area (Å²) in [5.74, 6) is 0.965. The first-order valence-electron chi connectivity index (χ1n) is 5.91. The highest BCUT2D eigenvalue weighted by molar-refractivity contribution is 5.72. The second-order valence-corrected chi connectivity index (χ2v) is 3.93. The Kier molecular flexibility index (Phi) is 2.94. The monoisotopic (exact) mass is 252 g/mol. The molecule has 0 bridgehead atoms. The van der Waals surface area contributed by atoms with Gasteiger partial charge in [-0.05, 0) is 24.3 Å². The van der Waals surface area contributed by atoms with Crippen LogP contribution in [0.15, 0.2) is 53.2 Å². The van der Waals surface area contributed by atoms with Gasteiger partial charge in [-0.3, -0.25) is 4.98 Å². The van der Waals surface area contributed by atoms with E-state index in [1.807, 2.05) is 49.5 Å². The van der Waals surface area contributed by atoms with Gasteiger partial charge in [0.25, 0.3) is 5.89 Å². The molecule has 5 nitrogen and oxygen atoms in total. The molecule has 0 amide bonds. The molecule has 0 aliphatic heterocycles. The van der Waals surface area contributed by atoms with Gasteiger partial charge >= 0.3 is 0 Å².